The van der Waals surface area contributed by atoms with E-state index >= 15 is 0 Å². The number of likely N-dealkylation sites (tertiary alicyclic amines) is 1. The van der Waals surface area contributed by atoms with Gasteiger partial charge in [0.05, 0.1) is 49.2 Å². The van der Waals surface area contributed by atoms with Crippen LogP contribution >= 0.6 is 11.8 Å². The van der Waals surface area contributed by atoms with Crippen molar-refractivity contribution < 1.29 is 19.1 Å². The SMILES string of the molecule is C=CC(=O)N1CCN(C2NC(OCC3CCCN3C)NC3C(=O)[C@]4(CCc5cc(OC)ccc5S4)CCC32)CC1CC#N. The molecule has 10 nitrogen and oxygen atoms in total. The van der Waals surface area contributed by atoms with Gasteiger partial charge in [0.2, 0.25) is 5.91 Å². The van der Waals surface area contributed by atoms with Crippen LogP contribution in [0.1, 0.15) is 44.1 Å². The smallest absolute Gasteiger partial charge is 0.246 e. The summed E-state index contributed by atoms with van der Waals surface area (Å²) in [5, 5.41) is 16.9. The molecule has 1 amide bonds. The second-order valence-corrected chi connectivity index (χ2v) is 14.1. The molecule has 3 saturated heterocycles. The first-order valence-electron chi connectivity index (χ1n) is 15.6. The highest BCUT2D eigenvalue weighted by atomic mass is 32.2. The van der Waals surface area contributed by atoms with Gasteiger partial charge in [-0.25, -0.2) is 0 Å². The van der Waals surface area contributed by atoms with Crippen molar-refractivity contribution in [1.82, 2.24) is 25.3 Å². The fourth-order valence-electron chi connectivity index (χ4n) is 7.81. The van der Waals surface area contributed by atoms with Crippen molar-refractivity contribution in [3.8, 4) is 11.8 Å². The summed E-state index contributed by atoms with van der Waals surface area (Å²) in [5.41, 5.74) is 1.25. The molecule has 6 rings (SSSR count). The van der Waals surface area contributed by atoms with E-state index in [1.165, 1.54) is 23.0 Å². The van der Waals surface area contributed by atoms with Gasteiger partial charge in [-0.15, -0.1) is 11.8 Å². The molecule has 0 aromatic heterocycles. The minimum absolute atomic E-state index is 0.0504. The minimum Gasteiger partial charge on any atom is -0.497 e. The number of thioether (sulfide) groups is 1. The van der Waals surface area contributed by atoms with Crippen molar-refractivity contribution in [2.45, 2.75) is 85.2 Å². The molecule has 1 aliphatic carbocycles. The maximum atomic E-state index is 14.6. The normalized spacial score (nSPS) is 34.8. The van der Waals surface area contributed by atoms with Gasteiger partial charge in [-0.3, -0.25) is 25.1 Å². The zero-order valence-electron chi connectivity index (χ0n) is 25.3. The topological polar surface area (TPSA) is 110 Å². The molecule has 0 radical (unpaired) electrons. The number of rotatable bonds is 7. The van der Waals surface area contributed by atoms with E-state index in [9.17, 15) is 14.9 Å². The predicted octanol–water partition coefficient (Wildman–Crippen LogP) is 2.35. The van der Waals surface area contributed by atoms with Crippen LogP contribution in [0.5, 0.6) is 5.75 Å². The van der Waals surface area contributed by atoms with Crippen LogP contribution in [-0.2, 0) is 20.7 Å². The molecule has 4 aliphatic heterocycles. The Morgan fingerprint density at radius 1 is 1.23 bits per heavy atom. The van der Waals surface area contributed by atoms with Crippen LogP contribution in [0.3, 0.4) is 0 Å². The van der Waals surface area contributed by atoms with E-state index in [0.29, 0.717) is 32.3 Å². The maximum absolute atomic E-state index is 14.6. The Labute approximate surface area is 259 Å². The lowest BCUT2D eigenvalue weighted by molar-refractivity contribution is -0.145. The highest BCUT2D eigenvalue weighted by Gasteiger charge is 2.55. The molecule has 1 aromatic carbocycles. The van der Waals surface area contributed by atoms with Crippen molar-refractivity contribution in [1.29, 1.82) is 5.26 Å². The van der Waals surface area contributed by atoms with Gasteiger partial charge < -0.3 is 19.3 Å². The fourth-order valence-corrected chi connectivity index (χ4v) is 9.31. The first-order chi connectivity index (χ1) is 20.9. The van der Waals surface area contributed by atoms with Crippen LogP contribution in [0.4, 0.5) is 0 Å². The van der Waals surface area contributed by atoms with Gasteiger partial charge in [-0.1, -0.05) is 6.58 Å². The second-order valence-electron chi connectivity index (χ2n) is 12.6. The average Bonchev–Trinajstić information content (AvgIpc) is 3.45. The number of carbonyl (C=O) groups is 2. The number of nitrogens with zero attached hydrogens (tertiary/aromatic N) is 4. The zero-order chi connectivity index (χ0) is 30.1. The predicted molar refractivity (Wildman–Crippen MR) is 164 cm³/mol. The molecule has 5 aliphatic rings. The van der Waals surface area contributed by atoms with E-state index in [-0.39, 0.29) is 42.3 Å². The van der Waals surface area contributed by atoms with Gasteiger partial charge in [0.1, 0.15) is 5.75 Å². The highest BCUT2D eigenvalue weighted by molar-refractivity contribution is 8.01. The van der Waals surface area contributed by atoms with Crippen LogP contribution in [0.25, 0.3) is 0 Å². The zero-order valence-corrected chi connectivity index (χ0v) is 26.1. The Hall–Kier alpha value is -2.46. The van der Waals surface area contributed by atoms with E-state index in [1.807, 2.05) is 6.07 Å². The Bertz CT molecular complexity index is 1270. The number of nitrogens with one attached hydrogen (secondary N) is 2. The van der Waals surface area contributed by atoms with Crippen molar-refractivity contribution in [3.05, 3.63) is 36.4 Å². The number of amides is 1. The number of benzene rings is 1. The standard InChI is InChI=1S/C32H44N6O4S/c1-4-27(39)38-17-16-37(19-22(38)11-14-33)30-25-10-13-32(12-9-21-18-24(41-3)7-8-26(21)43-32)29(40)28(25)34-31(35-30)42-20-23-6-5-15-36(23)2/h4,7-8,18,22-23,25,28,30-31,34-35H,1,5-6,9-13,15-17,19-20H2,2-3H3/t22?,23?,25?,28?,30?,31?,32-/m0/s1. The van der Waals surface area contributed by atoms with Gasteiger partial charge in [0.15, 0.2) is 12.1 Å². The summed E-state index contributed by atoms with van der Waals surface area (Å²) < 4.78 is 11.5. The molecule has 6 unspecified atom stereocenters. The summed E-state index contributed by atoms with van der Waals surface area (Å²) in [6.45, 7) is 7.07. The first kappa shape index (κ1) is 30.6. The maximum Gasteiger partial charge on any atom is 0.246 e. The quantitative estimate of drug-likeness (QED) is 0.448. The molecular formula is C32H44N6O4S. The Kier molecular flexibility index (Phi) is 9.15. The third kappa shape index (κ3) is 5.98. The van der Waals surface area contributed by atoms with E-state index in [2.05, 4.69) is 52.3 Å². The highest BCUT2D eigenvalue weighted by Crippen LogP contribution is 2.52. The summed E-state index contributed by atoms with van der Waals surface area (Å²) in [4.78, 5) is 34.8. The van der Waals surface area contributed by atoms with E-state index in [0.717, 1.165) is 44.4 Å². The number of likely N-dealkylation sites (N-methyl/N-ethyl adjacent to an activating group) is 1. The lowest BCUT2D eigenvalue weighted by Crippen LogP contribution is -2.75. The lowest BCUT2D eigenvalue weighted by atomic mass is 9.72. The van der Waals surface area contributed by atoms with Crippen molar-refractivity contribution in [3.63, 3.8) is 0 Å². The molecule has 4 fully saturated rings. The molecule has 43 heavy (non-hydrogen) atoms. The molecule has 1 aromatic rings. The summed E-state index contributed by atoms with van der Waals surface area (Å²) in [7, 11) is 3.83. The first-order valence-corrected chi connectivity index (χ1v) is 16.5. The number of hydrogen-bond donors (Lipinski definition) is 2. The monoisotopic (exact) mass is 608 g/mol. The third-order valence-corrected chi connectivity index (χ3v) is 11.9. The number of piperazine rings is 1. The summed E-state index contributed by atoms with van der Waals surface area (Å²) in [5.74, 6) is 1.03. The van der Waals surface area contributed by atoms with Gasteiger partial charge >= 0.3 is 0 Å². The summed E-state index contributed by atoms with van der Waals surface area (Å²) >= 11 is 1.73. The second kappa shape index (κ2) is 12.9. The largest absolute Gasteiger partial charge is 0.497 e. The number of nitriles is 1. The van der Waals surface area contributed by atoms with Gasteiger partial charge in [-0.05, 0) is 82.0 Å². The molecular weight excluding hydrogens is 564 g/mol. The number of carbonyl (C=O) groups excluding carboxylic acids is 2. The van der Waals surface area contributed by atoms with Gasteiger partial charge in [-0.2, -0.15) is 5.26 Å². The number of ether oxygens (including phenoxy) is 2. The van der Waals surface area contributed by atoms with E-state index < -0.39 is 11.1 Å². The number of hydrogen-bond acceptors (Lipinski definition) is 10. The van der Waals surface area contributed by atoms with Gasteiger partial charge in [0.25, 0.3) is 0 Å². The Balaban J connectivity index is 1.24. The Morgan fingerprint density at radius 3 is 2.84 bits per heavy atom. The number of Topliss-reactive ketones (excluding diaryl/α,β-unsaturated/α-hetero) is 1. The third-order valence-electron chi connectivity index (χ3n) is 10.3. The van der Waals surface area contributed by atoms with Crippen molar-refractivity contribution in [2.24, 2.45) is 5.92 Å². The number of methoxy groups -OCH3 is 1. The molecule has 7 atom stereocenters. The number of aryl methyl sites for hydroxylation is 1. The molecule has 1 spiro atoms. The molecule has 1 saturated carbocycles. The number of fused-ring (bicyclic) bond motifs is 2. The van der Waals surface area contributed by atoms with Gasteiger partial charge in [0, 0.05) is 36.5 Å². The van der Waals surface area contributed by atoms with Crippen LogP contribution in [-0.4, -0.2) is 109 Å². The molecule has 2 N–H and O–H groups in total. The van der Waals surface area contributed by atoms with Crippen molar-refractivity contribution in [2.75, 3.05) is 46.9 Å². The summed E-state index contributed by atoms with van der Waals surface area (Å²) in [6.07, 6.45) is 6.67. The molecule has 232 valence electrons. The van der Waals surface area contributed by atoms with Crippen LogP contribution in [0, 0.1) is 17.2 Å². The van der Waals surface area contributed by atoms with Crippen LogP contribution in [0.15, 0.2) is 35.7 Å². The fraction of sp³-hybridized carbons (Fsp3) is 0.656. The number of ketones is 1. The lowest BCUT2D eigenvalue weighted by Gasteiger charge is -2.55. The molecule has 4 heterocycles. The molecule has 11 heteroatoms. The van der Waals surface area contributed by atoms with E-state index in [1.54, 1.807) is 23.8 Å². The minimum atomic E-state index is -0.466. The summed E-state index contributed by atoms with van der Waals surface area (Å²) in [6, 6.07) is 8.25. The van der Waals surface area contributed by atoms with Crippen LogP contribution < -0.4 is 15.4 Å². The molecule has 0 bridgehead atoms. The average molecular weight is 609 g/mol. The van der Waals surface area contributed by atoms with Crippen molar-refractivity contribution >= 4 is 23.5 Å². The Morgan fingerprint density at radius 2 is 2.09 bits per heavy atom. The van der Waals surface area contributed by atoms with Crippen LogP contribution in [0.2, 0.25) is 0 Å². The van der Waals surface area contributed by atoms with E-state index in [4.69, 9.17) is 9.47 Å².